The molecule has 0 saturated heterocycles. The molecule has 0 aromatic carbocycles. The molecule has 0 amide bonds. The Morgan fingerprint density at radius 1 is 1.70 bits per heavy atom. The normalized spacial score (nSPS) is 10.9. The number of nitrogens with two attached hydrogens (primary N) is 1. The van der Waals surface area contributed by atoms with Gasteiger partial charge in [0, 0.05) is 13.1 Å². The highest BCUT2D eigenvalue weighted by Gasteiger charge is 2.04. The zero-order valence-electron chi connectivity index (χ0n) is 5.53. The Kier molecular flexibility index (Phi) is 0.818. The number of hydrogen-bond donors (Lipinski definition) is 1. The van der Waals surface area contributed by atoms with Crippen LogP contribution in [-0.4, -0.2) is 9.55 Å². The summed E-state index contributed by atoms with van der Waals surface area (Å²) in [6, 6.07) is 1.75. The fourth-order valence-corrected chi connectivity index (χ4v) is 0.953. The van der Waals surface area contributed by atoms with Gasteiger partial charge in [0.1, 0.15) is 5.82 Å². The lowest BCUT2D eigenvalue weighted by atomic mass is 10.6. The van der Waals surface area contributed by atoms with Crippen LogP contribution in [0.2, 0.25) is 0 Å². The highest BCUT2D eigenvalue weighted by molar-refractivity contribution is 5.74. The van der Waals surface area contributed by atoms with Crippen molar-refractivity contribution in [1.29, 1.82) is 0 Å². The van der Waals surface area contributed by atoms with Crippen LogP contribution in [0.4, 0.5) is 5.82 Å². The third-order valence-electron chi connectivity index (χ3n) is 1.56. The van der Waals surface area contributed by atoms with Crippen LogP contribution in [0.5, 0.6) is 0 Å². The number of oxazole rings is 1. The first-order valence-electron chi connectivity index (χ1n) is 2.93. The first kappa shape index (κ1) is 5.34. The van der Waals surface area contributed by atoms with E-state index in [9.17, 15) is 0 Å². The standard InChI is InChI=1S/C6H7N3O/c1-9-5(7)2-4-6(9)8-3-10-4/h2-3H,7H2,1H3. The molecule has 10 heavy (non-hydrogen) atoms. The summed E-state index contributed by atoms with van der Waals surface area (Å²) in [6.07, 6.45) is 1.41. The number of nitrogen functional groups attached to an aromatic ring is 1. The van der Waals surface area contributed by atoms with Crippen molar-refractivity contribution in [3.05, 3.63) is 12.5 Å². The summed E-state index contributed by atoms with van der Waals surface area (Å²) in [5, 5.41) is 0. The van der Waals surface area contributed by atoms with Gasteiger partial charge >= 0.3 is 0 Å². The summed E-state index contributed by atoms with van der Waals surface area (Å²) < 4.78 is 6.78. The third-order valence-corrected chi connectivity index (χ3v) is 1.56. The molecular formula is C6H7N3O. The Balaban J connectivity index is 2.95. The molecule has 4 nitrogen and oxygen atoms in total. The molecule has 0 aliphatic heterocycles. The Bertz CT molecular complexity index is 360. The fraction of sp³-hybridized carbons (Fsp3) is 0.167. The molecule has 2 N–H and O–H groups in total. The van der Waals surface area contributed by atoms with Gasteiger partial charge < -0.3 is 14.7 Å². The van der Waals surface area contributed by atoms with Crippen molar-refractivity contribution < 1.29 is 4.42 Å². The maximum absolute atomic E-state index is 5.56. The van der Waals surface area contributed by atoms with Crippen LogP contribution in [0, 0.1) is 0 Å². The first-order valence-corrected chi connectivity index (χ1v) is 2.93. The molecule has 2 aromatic heterocycles. The van der Waals surface area contributed by atoms with E-state index in [0.717, 1.165) is 11.2 Å². The first-order chi connectivity index (χ1) is 4.79. The van der Waals surface area contributed by atoms with Gasteiger partial charge in [-0.1, -0.05) is 0 Å². The van der Waals surface area contributed by atoms with E-state index < -0.39 is 0 Å². The molecule has 0 aliphatic carbocycles. The topological polar surface area (TPSA) is 57.0 Å². The van der Waals surface area contributed by atoms with Gasteiger partial charge in [0.05, 0.1) is 0 Å². The quantitative estimate of drug-likeness (QED) is 0.582. The predicted octanol–water partition coefficient (Wildman–Crippen LogP) is 0.749. The van der Waals surface area contributed by atoms with E-state index in [1.54, 1.807) is 10.6 Å². The van der Waals surface area contributed by atoms with Crippen LogP contribution in [0.1, 0.15) is 0 Å². The summed E-state index contributed by atoms with van der Waals surface area (Å²) in [7, 11) is 1.85. The van der Waals surface area contributed by atoms with Gasteiger partial charge in [-0.25, -0.2) is 0 Å². The molecule has 4 heteroatoms. The highest BCUT2D eigenvalue weighted by atomic mass is 16.3. The molecule has 0 unspecified atom stereocenters. The number of aryl methyl sites for hydroxylation is 1. The Hall–Kier alpha value is -1.45. The van der Waals surface area contributed by atoms with Crippen molar-refractivity contribution in [2.45, 2.75) is 0 Å². The van der Waals surface area contributed by atoms with Crippen molar-refractivity contribution in [3.8, 4) is 0 Å². The smallest absolute Gasteiger partial charge is 0.183 e. The van der Waals surface area contributed by atoms with Crippen LogP contribution >= 0.6 is 0 Å². The molecule has 0 fully saturated rings. The van der Waals surface area contributed by atoms with Crippen LogP contribution in [0.25, 0.3) is 11.2 Å². The third kappa shape index (κ3) is 0.478. The maximum atomic E-state index is 5.56. The molecule has 0 saturated carbocycles. The monoisotopic (exact) mass is 137 g/mol. The molecule has 2 heterocycles. The number of hydrogen-bond acceptors (Lipinski definition) is 3. The van der Waals surface area contributed by atoms with Crippen LogP contribution in [-0.2, 0) is 7.05 Å². The Labute approximate surface area is 57.3 Å². The number of anilines is 1. The van der Waals surface area contributed by atoms with Crippen molar-refractivity contribution in [2.24, 2.45) is 7.05 Å². The van der Waals surface area contributed by atoms with E-state index in [4.69, 9.17) is 10.2 Å². The van der Waals surface area contributed by atoms with Gasteiger partial charge in [-0.2, -0.15) is 4.98 Å². The predicted molar refractivity (Wildman–Crippen MR) is 37.4 cm³/mol. The van der Waals surface area contributed by atoms with Crippen LogP contribution in [0.15, 0.2) is 16.9 Å². The minimum atomic E-state index is 0.668. The van der Waals surface area contributed by atoms with E-state index in [-0.39, 0.29) is 0 Å². The second kappa shape index (κ2) is 1.53. The van der Waals surface area contributed by atoms with Gasteiger partial charge in [0.2, 0.25) is 0 Å². The van der Waals surface area contributed by atoms with E-state index in [1.165, 1.54) is 6.39 Å². The number of fused-ring (bicyclic) bond motifs is 1. The summed E-state index contributed by atoms with van der Waals surface area (Å²) in [5.74, 6) is 0.668. The maximum Gasteiger partial charge on any atom is 0.183 e. The zero-order chi connectivity index (χ0) is 7.14. The molecule has 0 bridgehead atoms. The summed E-state index contributed by atoms with van der Waals surface area (Å²) >= 11 is 0. The lowest BCUT2D eigenvalue weighted by Crippen LogP contribution is -1.94. The minimum Gasteiger partial charge on any atom is -0.442 e. The summed E-state index contributed by atoms with van der Waals surface area (Å²) in [4.78, 5) is 3.96. The van der Waals surface area contributed by atoms with E-state index in [2.05, 4.69) is 4.98 Å². The molecule has 2 rings (SSSR count). The second-order valence-corrected chi connectivity index (χ2v) is 2.17. The van der Waals surface area contributed by atoms with Gasteiger partial charge in [0.15, 0.2) is 17.6 Å². The lowest BCUT2D eigenvalue weighted by Gasteiger charge is -1.91. The molecular weight excluding hydrogens is 130 g/mol. The largest absolute Gasteiger partial charge is 0.442 e. The Morgan fingerprint density at radius 3 is 3.20 bits per heavy atom. The van der Waals surface area contributed by atoms with Crippen LogP contribution < -0.4 is 5.73 Å². The van der Waals surface area contributed by atoms with Crippen molar-refractivity contribution in [1.82, 2.24) is 9.55 Å². The van der Waals surface area contributed by atoms with Gasteiger partial charge in [-0.3, -0.25) is 0 Å². The minimum absolute atomic E-state index is 0.668. The summed E-state index contributed by atoms with van der Waals surface area (Å²) in [5.41, 5.74) is 7.09. The van der Waals surface area contributed by atoms with Crippen LogP contribution in [0.3, 0.4) is 0 Å². The average Bonchev–Trinajstić information content (AvgIpc) is 2.41. The van der Waals surface area contributed by atoms with Gasteiger partial charge in [-0.05, 0) is 0 Å². The van der Waals surface area contributed by atoms with Gasteiger partial charge in [0.25, 0.3) is 0 Å². The molecule has 0 radical (unpaired) electrons. The molecule has 52 valence electrons. The molecule has 0 aliphatic rings. The van der Waals surface area contributed by atoms with E-state index in [1.807, 2.05) is 7.05 Å². The fourth-order valence-electron chi connectivity index (χ4n) is 0.953. The van der Waals surface area contributed by atoms with Crippen molar-refractivity contribution in [3.63, 3.8) is 0 Å². The number of aromatic nitrogens is 2. The molecule has 2 aromatic rings. The molecule has 0 spiro atoms. The van der Waals surface area contributed by atoms with Crippen molar-refractivity contribution in [2.75, 3.05) is 5.73 Å². The van der Waals surface area contributed by atoms with Gasteiger partial charge in [-0.15, -0.1) is 0 Å². The van der Waals surface area contributed by atoms with E-state index >= 15 is 0 Å². The summed E-state index contributed by atoms with van der Waals surface area (Å²) in [6.45, 7) is 0. The van der Waals surface area contributed by atoms with Crippen molar-refractivity contribution >= 4 is 17.0 Å². The SMILES string of the molecule is Cn1c(N)cc2ocnc21. The zero-order valence-corrected chi connectivity index (χ0v) is 5.53. The Morgan fingerprint density at radius 2 is 2.50 bits per heavy atom. The molecule has 0 atom stereocenters. The number of nitrogens with zero attached hydrogens (tertiary/aromatic N) is 2. The van der Waals surface area contributed by atoms with E-state index in [0.29, 0.717) is 5.82 Å². The second-order valence-electron chi connectivity index (χ2n) is 2.17. The lowest BCUT2D eigenvalue weighted by molar-refractivity contribution is 0.602. The highest BCUT2D eigenvalue weighted by Crippen LogP contribution is 2.17. The average molecular weight is 137 g/mol. The number of rotatable bonds is 0.